The SMILES string of the molecule is Cc1ccc(Nc2c(C(=O)NOCCCO)c(=O)n(C)c(=O)n2C)c(F)c1. The Morgan fingerprint density at radius 1 is 1.26 bits per heavy atom. The van der Waals surface area contributed by atoms with Crippen LogP contribution < -0.4 is 22.0 Å². The molecule has 1 heterocycles. The van der Waals surface area contributed by atoms with Gasteiger partial charge >= 0.3 is 5.69 Å². The summed E-state index contributed by atoms with van der Waals surface area (Å²) >= 11 is 0. The Balaban J connectivity index is 2.50. The van der Waals surface area contributed by atoms with Crippen molar-refractivity contribution in [2.24, 2.45) is 14.1 Å². The Bertz CT molecular complexity index is 967. The number of carbonyl (C=O) groups excluding carboxylic acids is 1. The van der Waals surface area contributed by atoms with Gasteiger partial charge in [-0.1, -0.05) is 6.07 Å². The van der Waals surface area contributed by atoms with Crippen molar-refractivity contribution < 1.29 is 19.1 Å². The molecule has 9 nitrogen and oxygen atoms in total. The quantitative estimate of drug-likeness (QED) is 0.471. The molecule has 0 atom stereocenters. The van der Waals surface area contributed by atoms with Crippen molar-refractivity contribution in [2.75, 3.05) is 18.5 Å². The monoisotopic (exact) mass is 380 g/mol. The number of aliphatic hydroxyl groups is 1. The van der Waals surface area contributed by atoms with Crippen LogP contribution in [0.4, 0.5) is 15.9 Å². The van der Waals surface area contributed by atoms with E-state index in [9.17, 15) is 18.8 Å². The fraction of sp³-hybridized carbons (Fsp3) is 0.353. The molecule has 0 aliphatic heterocycles. The van der Waals surface area contributed by atoms with Crippen molar-refractivity contribution in [3.8, 4) is 0 Å². The fourth-order valence-corrected chi connectivity index (χ4v) is 2.35. The number of aromatic nitrogens is 2. The van der Waals surface area contributed by atoms with E-state index in [1.165, 1.54) is 26.2 Å². The number of rotatable bonds is 7. The second-order valence-corrected chi connectivity index (χ2v) is 5.89. The molecular formula is C17H21FN4O5. The number of halogens is 1. The molecule has 146 valence electrons. The van der Waals surface area contributed by atoms with E-state index < -0.39 is 28.5 Å². The van der Waals surface area contributed by atoms with Gasteiger partial charge in [-0.15, -0.1) is 0 Å². The van der Waals surface area contributed by atoms with E-state index in [1.54, 1.807) is 13.0 Å². The number of hydrogen-bond acceptors (Lipinski definition) is 6. The van der Waals surface area contributed by atoms with Gasteiger partial charge < -0.3 is 10.4 Å². The van der Waals surface area contributed by atoms with Crippen LogP contribution in [-0.4, -0.2) is 33.4 Å². The zero-order valence-corrected chi connectivity index (χ0v) is 15.2. The molecule has 0 spiro atoms. The molecule has 1 aromatic carbocycles. The molecule has 1 amide bonds. The summed E-state index contributed by atoms with van der Waals surface area (Å²) in [6.45, 7) is 1.62. The number of amides is 1. The maximum absolute atomic E-state index is 14.2. The summed E-state index contributed by atoms with van der Waals surface area (Å²) in [7, 11) is 2.57. The molecule has 2 aromatic rings. The van der Waals surface area contributed by atoms with Gasteiger partial charge in [-0.05, 0) is 31.0 Å². The first-order valence-electron chi connectivity index (χ1n) is 8.14. The highest BCUT2D eigenvalue weighted by molar-refractivity contribution is 5.98. The predicted octanol–water partition coefficient (Wildman–Crippen LogP) is 0.319. The largest absolute Gasteiger partial charge is 0.396 e. The van der Waals surface area contributed by atoms with E-state index in [-0.39, 0.29) is 31.1 Å². The summed E-state index contributed by atoms with van der Waals surface area (Å²) in [5, 5.41) is 11.4. The van der Waals surface area contributed by atoms with E-state index in [0.29, 0.717) is 5.56 Å². The lowest BCUT2D eigenvalue weighted by atomic mass is 10.2. The number of carbonyl (C=O) groups is 1. The lowest BCUT2D eigenvalue weighted by molar-refractivity contribution is 0.0260. The number of nitrogens with zero attached hydrogens (tertiary/aromatic N) is 2. The van der Waals surface area contributed by atoms with Crippen LogP contribution in [0.3, 0.4) is 0 Å². The molecule has 0 aliphatic carbocycles. The Morgan fingerprint density at radius 3 is 2.59 bits per heavy atom. The number of nitrogens with one attached hydrogen (secondary N) is 2. The van der Waals surface area contributed by atoms with E-state index in [4.69, 9.17) is 9.94 Å². The number of benzene rings is 1. The second kappa shape index (κ2) is 8.60. The van der Waals surface area contributed by atoms with Crippen LogP contribution in [0.5, 0.6) is 0 Å². The molecule has 0 saturated carbocycles. The molecular weight excluding hydrogens is 359 g/mol. The molecule has 27 heavy (non-hydrogen) atoms. The van der Waals surface area contributed by atoms with Crippen molar-refractivity contribution in [1.29, 1.82) is 0 Å². The average molecular weight is 380 g/mol. The smallest absolute Gasteiger partial charge is 0.332 e. The summed E-state index contributed by atoms with van der Waals surface area (Å²) in [4.78, 5) is 42.0. The van der Waals surface area contributed by atoms with Crippen molar-refractivity contribution in [3.05, 3.63) is 56.0 Å². The van der Waals surface area contributed by atoms with Gasteiger partial charge in [0, 0.05) is 20.7 Å². The molecule has 0 aliphatic rings. The van der Waals surface area contributed by atoms with Gasteiger partial charge in [0.15, 0.2) is 0 Å². The van der Waals surface area contributed by atoms with Crippen LogP contribution in [0, 0.1) is 12.7 Å². The predicted molar refractivity (Wildman–Crippen MR) is 96.5 cm³/mol. The van der Waals surface area contributed by atoms with E-state index >= 15 is 0 Å². The summed E-state index contributed by atoms with van der Waals surface area (Å²) in [6.07, 6.45) is 0.283. The van der Waals surface area contributed by atoms with Gasteiger partial charge in [-0.2, -0.15) is 0 Å². The first kappa shape index (κ1) is 20.3. The molecule has 3 N–H and O–H groups in total. The highest BCUT2D eigenvalue weighted by Gasteiger charge is 2.23. The highest BCUT2D eigenvalue weighted by atomic mass is 19.1. The van der Waals surface area contributed by atoms with E-state index in [0.717, 1.165) is 9.13 Å². The first-order valence-corrected chi connectivity index (χ1v) is 8.14. The van der Waals surface area contributed by atoms with Crippen molar-refractivity contribution in [3.63, 3.8) is 0 Å². The maximum Gasteiger partial charge on any atom is 0.332 e. The first-order chi connectivity index (χ1) is 12.8. The summed E-state index contributed by atoms with van der Waals surface area (Å²) in [5.41, 5.74) is 0.806. The molecule has 0 bridgehead atoms. The van der Waals surface area contributed by atoms with Crippen LogP contribution in [0.25, 0.3) is 0 Å². The third kappa shape index (κ3) is 4.41. The van der Waals surface area contributed by atoms with Crippen LogP contribution in [0.2, 0.25) is 0 Å². The number of anilines is 2. The van der Waals surface area contributed by atoms with Crippen molar-refractivity contribution >= 4 is 17.4 Å². The molecule has 10 heteroatoms. The summed E-state index contributed by atoms with van der Waals surface area (Å²) in [6, 6.07) is 4.35. The molecule has 0 unspecified atom stereocenters. The zero-order valence-electron chi connectivity index (χ0n) is 15.2. The molecule has 0 radical (unpaired) electrons. The number of hydroxylamine groups is 1. The van der Waals surface area contributed by atoms with Crippen LogP contribution in [0.1, 0.15) is 22.3 Å². The minimum absolute atomic E-state index is 0.000832. The van der Waals surface area contributed by atoms with Crippen LogP contribution >= 0.6 is 0 Å². The topological polar surface area (TPSA) is 115 Å². The van der Waals surface area contributed by atoms with E-state index in [2.05, 4.69) is 10.8 Å². The van der Waals surface area contributed by atoms with E-state index in [1.807, 2.05) is 0 Å². The third-order valence-corrected chi connectivity index (χ3v) is 3.84. The van der Waals surface area contributed by atoms with Gasteiger partial charge in [0.1, 0.15) is 17.2 Å². The summed E-state index contributed by atoms with van der Waals surface area (Å²) < 4.78 is 16.0. The van der Waals surface area contributed by atoms with Crippen molar-refractivity contribution in [2.45, 2.75) is 13.3 Å². The fourth-order valence-electron chi connectivity index (χ4n) is 2.35. The number of hydrogen-bond donors (Lipinski definition) is 3. The Labute approximate surface area is 154 Å². The second-order valence-electron chi connectivity index (χ2n) is 5.89. The normalized spacial score (nSPS) is 10.7. The summed E-state index contributed by atoms with van der Waals surface area (Å²) in [5.74, 6) is -1.68. The number of aryl methyl sites for hydroxylation is 1. The van der Waals surface area contributed by atoms with Gasteiger partial charge in [0.25, 0.3) is 11.5 Å². The highest BCUT2D eigenvalue weighted by Crippen LogP contribution is 2.21. The van der Waals surface area contributed by atoms with Gasteiger partial charge in [-0.3, -0.25) is 23.6 Å². The lowest BCUT2D eigenvalue weighted by Gasteiger charge is -2.17. The lowest BCUT2D eigenvalue weighted by Crippen LogP contribution is -2.43. The van der Waals surface area contributed by atoms with Crippen LogP contribution in [-0.2, 0) is 18.9 Å². The number of aliphatic hydroxyl groups excluding tert-OH is 1. The minimum atomic E-state index is -0.904. The van der Waals surface area contributed by atoms with Crippen LogP contribution in [0.15, 0.2) is 27.8 Å². The Kier molecular flexibility index (Phi) is 6.48. The zero-order chi connectivity index (χ0) is 20.1. The molecule has 0 saturated heterocycles. The van der Waals surface area contributed by atoms with Gasteiger partial charge in [0.2, 0.25) is 0 Å². The molecule has 2 rings (SSSR count). The Morgan fingerprint density at radius 2 is 1.96 bits per heavy atom. The third-order valence-electron chi connectivity index (χ3n) is 3.84. The minimum Gasteiger partial charge on any atom is -0.396 e. The average Bonchev–Trinajstić information content (AvgIpc) is 2.63. The van der Waals surface area contributed by atoms with Gasteiger partial charge in [0.05, 0.1) is 12.3 Å². The Hall–Kier alpha value is -2.98. The van der Waals surface area contributed by atoms with Crippen molar-refractivity contribution in [1.82, 2.24) is 14.6 Å². The maximum atomic E-state index is 14.2. The standard InChI is InChI=1S/C17H21FN4O5/c1-10-5-6-12(11(18)9-10)19-14-13(15(24)20-27-8-4-7-23)16(25)22(3)17(26)21(14)2/h5-6,9,19,23H,4,7-8H2,1-3H3,(H,20,24). The van der Waals surface area contributed by atoms with Gasteiger partial charge in [-0.25, -0.2) is 14.7 Å². The molecule has 1 aromatic heterocycles. The molecule has 0 fully saturated rings.